The van der Waals surface area contributed by atoms with Crippen molar-refractivity contribution in [2.75, 3.05) is 39.6 Å². The minimum Gasteiger partial charge on any atom is -0.462 e. The zero-order chi connectivity index (χ0) is 75.8. The smallest absolute Gasteiger partial charge is 0.462 e. The molecular weight excluding hydrogens is 1340 g/mol. The number of phosphoric acid groups is 2. The number of carbonyl (C=O) groups excluding carboxylic acids is 4. The SMILES string of the molecule is CCCCCC/C=C\C=C/CCCCCCCC(=O)OC[C@H](COP(=O)(O)OC[C@@H](O)COP(=O)(O)OC[C@@H](COC(=O)CCCCCCCCCCC(C)C)OC(=O)CCCCCCCCCCCCCCC(C)C)OC(=O)CCCCCCCCCCCCCCCCCCCCC(C)CC. The zero-order valence-corrected chi connectivity index (χ0v) is 69.1. The van der Waals surface area contributed by atoms with Crippen LogP contribution in [0.4, 0.5) is 0 Å². The molecule has 0 aliphatic carbocycles. The number of hydrogen-bond acceptors (Lipinski definition) is 15. The molecule has 0 spiro atoms. The van der Waals surface area contributed by atoms with Crippen molar-refractivity contribution in [3.8, 4) is 0 Å². The third-order valence-electron chi connectivity index (χ3n) is 19.4. The molecule has 0 amide bonds. The van der Waals surface area contributed by atoms with E-state index in [1.165, 1.54) is 205 Å². The highest BCUT2D eigenvalue weighted by molar-refractivity contribution is 7.47. The Kier molecular flexibility index (Phi) is 71.9. The average molecular weight is 1500 g/mol. The van der Waals surface area contributed by atoms with Gasteiger partial charge in [0.2, 0.25) is 0 Å². The predicted molar refractivity (Wildman–Crippen MR) is 423 cm³/mol. The first-order chi connectivity index (χ1) is 49.8. The van der Waals surface area contributed by atoms with E-state index in [0.29, 0.717) is 25.7 Å². The van der Waals surface area contributed by atoms with E-state index < -0.39 is 97.5 Å². The lowest BCUT2D eigenvalue weighted by molar-refractivity contribution is -0.161. The van der Waals surface area contributed by atoms with Crippen LogP contribution >= 0.6 is 15.6 Å². The van der Waals surface area contributed by atoms with Crippen LogP contribution in [0, 0.1) is 17.8 Å². The summed E-state index contributed by atoms with van der Waals surface area (Å²) in [7, 11) is -9.94. The molecule has 0 rings (SSSR count). The molecule has 103 heavy (non-hydrogen) atoms. The van der Waals surface area contributed by atoms with Crippen LogP contribution in [-0.4, -0.2) is 96.7 Å². The molecule has 0 aliphatic heterocycles. The predicted octanol–water partition coefficient (Wildman–Crippen LogP) is 24.9. The fourth-order valence-corrected chi connectivity index (χ4v) is 14.0. The van der Waals surface area contributed by atoms with Crippen molar-refractivity contribution in [3.63, 3.8) is 0 Å². The molecule has 17 nitrogen and oxygen atoms in total. The second-order valence-corrected chi connectivity index (χ2v) is 33.6. The molecule has 0 aromatic carbocycles. The second-order valence-electron chi connectivity index (χ2n) is 30.7. The Bertz CT molecular complexity index is 2090. The summed E-state index contributed by atoms with van der Waals surface area (Å²) >= 11 is 0. The fraction of sp³-hybridized carbons (Fsp3) is 0.905. The monoisotopic (exact) mass is 1500 g/mol. The van der Waals surface area contributed by atoms with Crippen molar-refractivity contribution >= 4 is 39.5 Å². The Morgan fingerprint density at radius 2 is 0.573 bits per heavy atom. The Hall–Kier alpha value is -2.46. The third-order valence-corrected chi connectivity index (χ3v) is 21.3. The van der Waals surface area contributed by atoms with Gasteiger partial charge >= 0.3 is 39.5 Å². The van der Waals surface area contributed by atoms with E-state index in [1.807, 2.05) is 0 Å². The van der Waals surface area contributed by atoms with Gasteiger partial charge < -0.3 is 33.8 Å². The molecule has 0 aliphatic rings. The molecule has 0 heterocycles. The van der Waals surface area contributed by atoms with Crippen LogP contribution in [-0.2, 0) is 65.4 Å². The van der Waals surface area contributed by atoms with Crippen molar-refractivity contribution in [1.29, 1.82) is 0 Å². The number of rotatable bonds is 80. The number of unbranched alkanes of at least 4 members (excludes halogenated alkanes) is 44. The number of ether oxygens (including phenoxy) is 4. The van der Waals surface area contributed by atoms with Gasteiger partial charge in [-0.15, -0.1) is 0 Å². The Morgan fingerprint density at radius 3 is 0.864 bits per heavy atom. The van der Waals surface area contributed by atoms with Crippen LogP contribution in [0.5, 0.6) is 0 Å². The Balaban J connectivity index is 5.26. The first-order valence-electron chi connectivity index (χ1n) is 42.7. The van der Waals surface area contributed by atoms with Crippen molar-refractivity contribution in [3.05, 3.63) is 24.3 Å². The molecule has 0 saturated heterocycles. The first kappa shape index (κ1) is 101. The van der Waals surface area contributed by atoms with Crippen LogP contribution in [0.3, 0.4) is 0 Å². The molecular formula is C84H160O17P2. The van der Waals surface area contributed by atoms with Gasteiger partial charge in [-0.1, -0.05) is 362 Å². The normalized spacial score (nSPS) is 14.3. The number of allylic oxidation sites excluding steroid dienone is 4. The van der Waals surface area contributed by atoms with Crippen LogP contribution in [0.25, 0.3) is 0 Å². The summed E-state index contributed by atoms with van der Waals surface area (Å²) in [6.07, 6.45) is 66.0. The molecule has 0 radical (unpaired) electrons. The van der Waals surface area contributed by atoms with Gasteiger partial charge in [0.15, 0.2) is 12.2 Å². The summed E-state index contributed by atoms with van der Waals surface area (Å²) in [5, 5.41) is 10.7. The van der Waals surface area contributed by atoms with Crippen molar-refractivity contribution in [1.82, 2.24) is 0 Å². The van der Waals surface area contributed by atoms with Crippen LogP contribution in [0.2, 0.25) is 0 Å². The van der Waals surface area contributed by atoms with Crippen LogP contribution < -0.4 is 0 Å². The quantitative estimate of drug-likeness (QED) is 0.0169. The van der Waals surface area contributed by atoms with Gasteiger partial charge in [0.25, 0.3) is 0 Å². The molecule has 6 atom stereocenters. The molecule has 0 aromatic rings. The van der Waals surface area contributed by atoms with Crippen LogP contribution in [0.15, 0.2) is 24.3 Å². The van der Waals surface area contributed by atoms with Gasteiger partial charge in [0, 0.05) is 25.7 Å². The van der Waals surface area contributed by atoms with Crippen molar-refractivity contribution in [2.24, 2.45) is 17.8 Å². The van der Waals surface area contributed by atoms with Gasteiger partial charge in [0.1, 0.15) is 19.3 Å². The third kappa shape index (κ3) is 76.1. The van der Waals surface area contributed by atoms with E-state index in [4.69, 9.17) is 37.0 Å². The summed E-state index contributed by atoms with van der Waals surface area (Å²) < 4.78 is 68.8. The van der Waals surface area contributed by atoms with Gasteiger partial charge in [0.05, 0.1) is 26.4 Å². The second kappa shape index (κ2) is 73.7. The number of hydrogen-bond donors (Lipinski definition) is 3. The summed E-state index contributed by atoms with van der Waals surface area (Å²) in [6, 6.07) is 0. The molecule has 0 fully saturated rings. The van der Waals surface area contributed by atoms with Gasteiger partial charge in [-0.25, -0.2) is 9.13 Å². The topological polar surface area (TPSA) is 237 Å². The van der Waals surface area contributed by atoms with E-state index in [-0.39, 0.29) is 25.7 Å². The lowest BCUT2D eigenvalue weighted by atomic mass is 9.99. The molecule has 0 aromatic heterocycles. The van der Waals surface area contributed by atoms with Crippen molar-refractivity contribution < 1.29 is 80.2 Å². The summed E-state index contributed by atoms with van der Waals surface area (Å²) in [6.45, 7) is 11.9. The maximum absolute atomic E-state index is 13.1. The van der Waals surface area contributed by atoms with Gasteiger partial charge in [-0.2, -0.15) is 0 Å². The number of esters is 4. The Labute approximate surface area is 631 Å². The lowest BCUT2D eigenvalue weighted by Crippen LogP contribution is -2.30. The molecule has 0 saturated carbocycles. The maximum atomic E-state index is 13.1. The maximum Gasteiger partial charge on any atom is 0.472 e. The number of phosphoric ester groups is 2. The molecule has 3 N–H and O–H groups in total. The number of carbonyl (C=O) groups is 4. The van der Waals surface area contributed by atoms with Crippen molar-refractivity contribution in [2.45, 2.75) is 433 Å². The van der Waals surface area contributed by atoms with E-state index in [1.54, 1.807) is 0 Å². The van der Waals surface area contributed by atoms with Gasteiger partial charge in [-0.3, -0.25) is 37.3 Å². The summed E-state index contributed by atoms with van der Waals surface area (Å²) in [5.41, 5.74) is 0. The molecule has 19 heteroatoms. The van der Waals surface area contributed by atoms with E-state index in [2.05, 4.69) is 72.8 Å². The van der Waals surface area contributed by atoms with Gasteiger partial charge in [-0.05, 0) is 69.1 Å². The van der Waals surface area contributed by atoms with E-state index in [9.17, 15) is 43.2 Å². The minimum absolute atomic E-state index is 0.101. The Morgan fingerprint density at radius 1 is 0.320 bits per heavy atom. The highest BCUT2D eigenvalue weighted by Gasteiger charge is 2.30. The average Bonchev–Trinajstić information content (AvgIpc) is 0.945. The molecule has 608 valence electrons. The van der Waals surface area contributed by atoms with E-state index >= 15 is 0 Å². The largest absolute Gasteiger partial charge is 0.472 e. The van der Waals surface area contributed by atoms with E-state index in [0.717, 1.165) is 127 Å². The summed E-state index contributed by atoms with van der Waals surface area (Å²) in [4.78, 5) is 73.1. The fourth-order valence-electron chi connectivity index (χ4n) is 12.4. The first-order valence-corrected chi connectivity index (χ1v) is 45.7. The highest BCUT2D eigenvalue weighted by atomic mass is 31.2. The highest BCUT2D eigenvalue weighted by Crippen LogP contribution is 2.45. The molecule has 0 bridgehead atoms. The summed E-state index contributed by atoms with van der Waals surface area (Å²) in [5.74, 6) is 0.231. The standard InChI is InChI=1S/C84H160O17P2/c1-8-10-11-12-13-14-15-16-21-25-31-36-44-51-58-65-81(86)94-71-79(100-83(88)67-60-53-46-37-32-26-23-20-18-17-19-22-24-30-35-43-50-57-64-77(7)9-2)73-98-102(90,91)96-69-78(85)70-97-103(92,93)99-74-80(72-95-82(87)66-59-52-45-40-39-42-49-56-63-76(5)6)101-84(89)68-61-54-47-38-33-28-27-29-34-41-48-55-62-75(3)4/h14-16,21,75-80,85H,8-13,17-20,22-74H2,1-7H3,(H,90,91)(H,92,93)/b15-14-,21-16-/t77?,78-,79-,80-/m1/s1. The zero-order valence-electron chi connectivity index (χ0n) is 67.3. The number of aliphatic hydroxyl groups excluding tert-OH is 1. The molecule has 3 unspecified atom stereocenters. The lowest BCUT2D eigenvalue weighted by Gasteiger charge is -2.21. The minimum atomic E-state index is -4.97. The van der Waals surface area contributed by atoms with Crippen LogP contribution in [0.1, 0.15) is 414 Å². The number of aliphatic hydroxyl groups is 1.